The Kier molecular flexibility index (Phi) is 10.4. The van der Waals surface area contributed by atoms with E-state index < -0.39 is 5.91 Å². The summed E-state index contributed by atoms with van der Waals surface area (Å²) in [4.78, 5) is 26.8. The summed E-state index contributed by atoms with van der Waals surface area (Å²) < 4.78 is 0. The van der Waals surface area contributed by atoms with Crippen molar-refractivity contribution in [1.82, 2.24) is 0 Å². The number of amides is 2. The van der Waals surface area contributed by atoms with Gasteiger partial charge < -0.3 is 5.73 Å². The van der Waals surface area contributed by atoms with Crippen LogP contribution in [-0.2, 0) is 0 Å². The van der Waals surface area contributed by atoms with E-state index in [2.05, 4.69) is 11.9 Å². The molecule has 0 aromatic heterocycles. The van der Waals surface area contributed by atoms with Crippen molar-refractivity contribution in [2.45, 2.75) is 71.1 Å². The van der Waals surface area contributed by atoms with E-state index in [0.717, 1.165) is 12.8 Å². The fraction of sp³-hybridized carbons (Fsp3) is 0.550. The fourth-order valence-corrected chi connectivity index (χ4v) is 2.55. The second-order valence-electron chi connectivity index (χ2n) is 6.18. The second-order valence-corrected chi connectivity index (χ2v) is 6.18. The maximum Gasteiger partial charge on any atom is 0.276 e. The van der Waals surface area contributed by atoms with Crippen LogP contribution in [0.5, 0.6) is 0 Å². The van der Waals surface area contributed by atoms with E-state index in [-0.39, 0.29) is 5.91 Å². The number of primary amides is 1. The number of nitrogens with two attached hydrogens (primary N) is 1. The minimum absolute atomic E-state index is 0.276. The highest BCUT2D eigenvalue weighted by molar-refractivity contribution is 6.00. The Bertz CT molecular complexity index is 521. The fourth-order valence-electron chi connectivity index (χ4n) is 2.55. The molecule has 0 saturated carbocycles. The number of hydrogen-bond donors (Lipinski definition) is 1. The molecule has 1 aromatic rings. The number of benzene rings is 1. The van der Waals surface area contributed by atoms with Gasteiger partial charge >= 0.3 is 0 Å². The summed E-state index contributed by atoms with van der Waals surface area (Å²) >= 11 is 0. The van der Waals surface area contributed by atoms with Crippen molar-refractivity contribution in [3.63, 3.8) is 0 Å². The highest BCUT2D eigenvalue weighted by Crippen LogP contribution is 2.10. The Morgan fingerprint density at radius 2 is 1.38 bits per heavy atom. The number of hydrogen-bond acceptors (Lipinski definition) is 2. The summed E-state index contributed by atoms with van der Waals surface area (Å²) in [7, 11) is 0. The van der Waals surface area contributed by atoms with Crippen molar-refractivity contribution < 1.29 is 9.59 Å². The van der Waals surface area contributed by atoms with Crippen LogP contribution in [0.3, 0.4) is 0 Å². The number of nitrogens with zero attached hydrogens (tertiary/aromatic N) is 1. The van der Waals surface area contributed by atoms with Gasteiger partial charge in [-0.3, -0.25) is 9.59 Å². The van der Waals surface area contributed by atoms with Gasteiger partial charge in [0.1, 0.15) is 0 Å². The van der Waals surface area contributed by atoms with Crippen LogP contribution in [0.1, 0.15) is 91.8 Å². The molecule has 0 bridgehead atoms. The summed E-state index contributed by atoms with van der Waals surface area (Å²) in [6, 6.07) is 6.26. The molecule has 0 aliphatic rings. The van der Waals surface area contributed by atoms with Crippen LogP contribution in [0.2, 0.25) is 0 Å². The maximum atomic E-state index is 11.9. The van der Waals surface area contributed by atoms with Gasteiger partial charge in [0.2, 0.25) is 5.91 Å². The first-order valence-corrected chi connectivity index (χ1v) is 9.12. The Labute approximate surface area is 145 Å². The number of aliphatic imine (C=N–C) groups is 1. The minimum atomic E-state index is -0.497. The maximum absolute atomic E-state index is 11.9. The van der Waals surface area contributed by atoms with Crippen molar-refractivity contribution in [1.29, 1.82) is 0 Å². The molecular weight excluding hydrogens is 300 g/mol. The number of unbranched alkanes of at least 4 members (excludes halogenated alkanes) is 9. The summed E-state index contributed by atoms with van der Waals surface area (Å²) in [6.45, 7) is 2.24. The largest absolute Gasteiger partial charge is 0.366 e. The molecule has 0 heterocycles. The lowest BCUT2D eigenvalue weighted by Gasteiger charge is -2.00. The van der Waals surface area contributed by atoms with Crippen LogP contribution in [0.25, 0.3) is 0 Å². The lowest BCUT2D eigenvalue weighted by molar-refractivity contribution is 0.0990. The molecule has 0 unspecified atom stereocenters. The third kappa shape index (κ3) is 8.61. The molecule has 132 valence electrons. The molecule has 2 N–H and O–H groups in total. The molecule has 0 aliphatic carbocycles. The van der Waals surface area contributed by atoms with Crippen LogP contribution in [-0.4, -0.2) is 18.0 Å². The Balaban J connectivity index is 2.12. The Hall–Kier alpha value is -1.97. The van der Waals surface area contributed by atoms with E-state index in [9.17, 15) is 9.59 Å². The lowest BCUT2D eigenvalue weighted by Crippen LogP contribution is -2.10. The summed E-state index contributed by atoms with van der Waals surface area (Å²) in [5.74, 6) is -0.773. The minimum Gasteiger partial charge on any atom is -0.366 e. The van der Waals surface area contributed by atoms with Gasteiger partial charge in [0.15, 0.2) is 0 Å². The Morgan fingerprint density at radius 3 is 1.92 bits per heavy atom. The average molecular weight is 330 g/mol. The van der Waals surface area contributed by atoms with Crippen LogP contribution < -0.4 is 5.73 Å². The second kappa shape index (κ2) is 12.5. The van der Waals surface area contributed by atoms with Crippen molar-refractivity contribution in [3.8, 4) is 0 Å². The topological polar surface area (TPSA) is 72.5 Å². The molecule has 0 spiro atoms. The van der Waals surface area contributed by atoms with E-state index in [4.69, 9.17) is 5.73 Å². The molecule has 0 radical (unpaired) electrons. The first-order chi connectivity index (χ1) is 11.6. The van der Waals surface area contributed by atoms with Gasteiger partial charge in [0, 0.05) is 17.3 Å². The van der Waals surface area contributed by atoms with Crippen LogP contribution in [0.4, 0.5) is 0 Å². The monoisotopic (exact) mass is 330 g/mol. The Morgan fingerprint density at radius 1 is 0.875 bits per heavy atom. The van der Waals surface area contributed by atoms with Gasteiger partial charge in [-0.2, -0.15) is 0 Å². The van der Waals surface area contributed by atoms with Gasteiger partial charge in [0.05, 0.1) is 0 Å². The zero-order valence-corrected chi connectivity index (χ0v) is 14.8. The highest BCUT2D eigenvalue weighted by atomic mass is 16.1. The van der Waals surface area contributed by atoms with E-state index in [1.807, 2.05) is 0 Å². The molecule has 0 saturated heterocycles. The average Bonchev–Trinajstić information content (AvgIpc) is 2.59. The predicted molar refractivity (Wildman–Crippen MR) is 99.6 cm³/mol. The van der Waals surface area contributed by atoms with Gasteiger partial charge in [-0.15, -0.1) is 0 Å². The van der Waals surface area contributed by atoms with Crippen LogP contribution >= 0.6 is 0 Å². The van der Waals surface area contributed by atoms with Gasteiger partial charge in [-0.1, -0.05) is 58.3 Å². The summed E-state index contributed by atoms with van der Waals surface area (Å²) in [6.07, 6.45) is 14.1. The van der Waals surface area contributed by atoms with Crippen molar-refractivity contribution in [2.24, 2.45) is 10.7 Å². The molecule has 0 aliphatic heterocycles. The number of carbonyl (C=O) groups is 2. The summed E-state index contributed by atoms with van der Waals surface area (Å²) in [5.41, 5.74) is 6.03. The molecule has 24 heavy (non-hydrogen) atoms. The van der Waals surface area contributed by atoms with Crippen molar-refractivity contribution >= 4 is 18.0 Å². The molecule has 2 amide bonds. The van der Waals surface area contributed by atoms with Gasteiger partial charge in [0.25, 0.3) is 5.91 Å². The van der Waals surface area contributed by atoms with E-state index in [0.29, 0.717) is 11.1 Å². The van der Waals surface area contributed by atoms with Crippen molar-refractivity contribution in [3.05, 3.63) is 35.4 Å². The van der Waals surface area contributed by atoms with Crippen molar-refractivity contribution in [2.75, 3.05) is 0 Å². The third-order valence-corrected chi connectivity index (χ3v) is 4.06. The van der Waals surface area contributed by atoms with E-state index in [1.165, 1.54) is 51.4 Å². The van der Waals surface area contributed by atoms with Gasteiger partial charge in [-0.25, -0.2) is 4.99 Å². The SMILES string of the molecule is CCCCCCCCCCCC=NC(=O)c1ccc(C(N)=O)cc1. The predicted octanol–water partition coefficient (Wildman–Crippen LogP) is 4.92. The zero-order chi connectivity index (χ0) is 17.6. The third-order valence-electron chi connectivity index (χ3n) is 4.06. The zero-order valence-electron chi connectivity index (χ0n) is 14.8. The van der Waals surface area contributed by atoms with Gasteiger partial charge in [-0.05, 0) is 37.1 Å². The van der Waals surface area contributed by atoms with E-state index >= 15 is 0 Å². The first kappa shape index (κ1) is 20.1. The molecule has 0 fully saturated rings. The molecule has 0 atom stereocenters. The molecule has 4 heteroatoms. The lowest BCUT2D eigenvalue weighted by atomic mass is 10.1. The number of rotatable bonds is 12. The molecule has 1 aromatic carbocycles. The molecular formula is C20H30N2O2. The van der Waals surface area contributed by atoms with Crippen LogP contribution in [0.15, 0.2) is 29.3 Å². The van der Waals surface area contributed by atoms with Crippen LogP contribution in [0, 0.1) is 0 Å². The smallest absolute Gasteiger partial charge is 0.276 e. The molecule has 4 nitrogen and oxygen atoms in total. The molecule has 1 rings (SSSR count). The van der Waals surface area contributed by atoms with E-state index in [1.54, 1.807) is 30.5 Å². The highest BCUT2D eigenvalue weighted by Gasteiger charge is 2.04. The standard InChI is InChI=1S/C20H30N2O2/c1-2-3-4-5-6-7-8-9-10-11-16-22-20(24)18-14-12-17(13-15-18)19(21)23/h12-16H,2-11H2,1H3,(H2,21,23). The number of carbonyl (C=O) groups excluding carboxylic acids is 2. The quantitative estimate of drug-likeness (QED) is 0.436. The first-order valence-electron chi connectivity index (χ1n) is 9.12. The summed E-state index contributed by atoms with van der Waals surface area (Å²) in [5, 5.41) is 0. The normalized spacial score (nSPS) is 11.0.